The summed E-state index contributed by atoms with van der Waals surface area (Å²) in [6.07, 6.45) is 0.594. The molecule has 0 saturated carbocycles. The molecule has 0 aliphatic carbocycles. The Labute approximate surface area is 128 Å². The standard InChI is InChI=1S/C15H21FN4O2/c1-20-13-4-3-11(16)9-12(13)19-14(20)5-6-18-15(21)10-17-7-8-22-2/h3-4,9,17H,5-8,10H2,1-2H3,(H,18,21). The molecule has 0 bridgehead atoms. The van der Waals surface area contributed by atoms with E-state index in [0.29, 0.717) is 31.6 Å². The molecule has 0 radical (unpaired) electrons. The smallest absolute Gasteiger partial charge is 0.233 e. The zero-order valence-corrected chi connectivity index (χ0v) is 12.9. The van der Waals surface area contributed by atoms with E-state index in [1.165, 1.54) is 12.1 Å². The van der Waals surface area contributed by atoms with Crippen molar-refractivity contribution in [1.29, 1.82) is 0 Å². The third-order valence-electron chi connectivity index (χ3n) is 3.37. The Bertz CT molecular complexity index is 642. The first-order valence-electron chi connectivity index (χ1n) is 7.19. The topological polar surface area (TPSA) is 68.2 Å². The molecule has 0 aliphatic heterocycles. The number of nitrogens with one attached hydrogen (secondary N) is 2. The molecule has 22 heavy (non-hydrogen) atoms. The maximum atomic E-state index is 13.2. The number of hydrogen-bond acceptors (Lipinski definition) is 4. The number of fused-ring (bicyclic) bond motifs is 1. The first-order valence-corrected chi connectivity index (χ1v) is 7.19. The average Bonchev–Trinajstić information content (AvgIpc) is 2.79. The van der Waals surface area contributed by atoms with E-state index in [4.69, 9.17) is 4.74 Å². The van der Waals surface area contributed by atoms with E-state index in [1.807, 2.05) is 11.6 Å². The second-order valence-corrected chi connectivity index (χ2v) is 4.99. The molecule has 0 unspecified atom stereocenters. The van der Waals surface area contributed by atoms with Crippen molar-refractivity contribution in [1.82, 2.24) is 20.2 Å². The molecule has 0 spiro atoms. The van der Waals surface area contributed by atoms with Crippen LogP contribution in [0.1, 0.15) is 5.82 Å². The van der Waals surface area contributed by atoms with Crippen LogP contribution in [-0.4, -0.2) is 48.8 Å². The highest BCUT2D eigenvalue weighted by molar-refractivity contribution is 5.78. The van der Waals surface area contributed by atoms with E-state index in [1.54, 1.807) is 13.2 Å². The number of carbonyl (C=O) groups excluding carboxylic acids is 1. The van der Waals surface area contributed by atoms with Crippen LogP contribution in [0.4, 0.5) is 4.39 Å². The number of halogens is 1. The Morgan fingerprint density at radius 3 is 3.00 bits per heavy atom. The fourth-order valence-corrected chi connectivity index (χ4v) is 2.20. The average molecular weight is 308 g/mol. The Kier molecular flexibility index (Phi) is 5.85. The summed E-state index contributed by atoms with van der Waals surface area (Å²) in [7, 11) is 3.50. The summed E-state index contributed by atoms with van der Waals surface area (Å²) >= 11 is 0. The molecule has 6 nitrogen and oxygen atoms in total. The van der Waals surface area contributed by atoms with E-state index >= 15 is 0 Å². The second kappa shape index (κ2) is 7.86. The van der Waals surface area contributed by atoms with Crippen molar-refractivity contribution in [3.8, 4) is 0 Å². The first kappa shape index (κ1) is 16.4. The van der Waals surface area contributed by atoms with Gasteiger partial charge in [-0.05, 0) is 12.1 Å². The lowest BCUT2D eigenvalue weighted by Gasteiger charge is -2.06. The quantitative estimate of drug-likeness (QED) is 0.701. The van der Waals surface area contributed by atoms with Gasteiger partial charge in [-0.3, -0.25) is 4.79 Å². The van der Waals surface area contributed by atoms with Crippen molar-refractivity contribution in [3.63, 3.8) is 0 Å². The van der Waals surface area contributed by atoms with Gasteiger partial charge in [-0.1, -0.05) is 0 Å². The third kappa shape index (κ3) is 4.25. The van der Waals surface area contributed by atoms with E-state index in [0.717, 1.165) is 11.3 Å². The summed E-state index contributed by atoms with van der Waals surface area (Å²) in [6, 6.07) is 4.54. The van der Waals surface area contributed by atoms with Crippen LogP contribution in [0.5, 0.6) is 0 Å². The molecule has 120 valence electrons. The Balaban J connectivity index is 1.82. The lowest BCUT2D eigenvalue weighted by Crippen LogP contribution is -2.36. The van der Waals surface area contributed by atoms with Crippen molar-refractivity contribution in [3.05, 3.63) is 29.8 Å². The number of hydrogen-bond donors (Lipinski definition) is 2. The van der Waals surface area contributed by atoms with Crippen molar-refractivity contribution in [2.24, 2.45) is 7.05 Å². The monoisotopic (exact) mass is 308 g/mol. The summed E-state index contributed by atoms with van der Waals surface area (Å²) in [5.41, 5.74) is 1.51. The molecule has 0 aliphatic rings. The van der Waals surface area contributed by atoms with Crippen LogP contribution >= 0.6 is 0 Å². The SMILES string of the molecule is COCCNCC(=O)NCCc1nc2cc(F)ccc2n1C. The number of ether oxygens (including phenoxy) is 1. The van der Waals surface area contributed by atoms with Crippen LogP contribution in [0.3, 0.4) is 0 Å². The highest BCUT2D eigenvalue weighted by atomic mass is 19.1. The van der Waals surface area contributed by atoms with Crippen LogP contribution in [0.25, 0.3) is 11.0 Å². The lowest BCUT2D eigenvalue weighted by atomic mass is 10.3. The number of benzene rings is 1. The highest BCUT2D eigenvalue weighted by Gasteiger charge is 2.09. The van der Waals surface area contributed by atoms with Crippen LogP contribution in [0.2, 0.25) is 0 Å². The molecule has 2 N–H and O–H groups in total. The van der Waals surface area contributed by atoms with E-state index < -0.39 is 0 Å². The molecule has 2 rings (SSSR count). The molecule has 0 atom stereocenters. The van der Waals surface area contributed by atoms with Crippen LogP contribution in [0, 0.1) is 5.82 Å². The summed E-state index contributed by atoms with van der Waals surface area (Å²) < 4.78 is 20.0. The minimum atomic E-state index is -0.299. The van der Waals surface area contributed by atoms with Crippen molar-refractivity contribution < 1.29 is 13.9 Å². The molecule has 2 aromatic rings. The normalized spacial score (nSPS) is 11.0. The molecule has 0 fully saturated rings. The third-order valence-corrected chi connectivity index (χ3v) is 3.37. The molecular formula is C15H21FN4O2. The van der Waals surface area contributed by atoms with Gasteiger partial charge in [0.15, 0.2) is 0 Å². The van der Waals surface area contributed by atoms with Gasteiger partial charge in [-0.15, -0.1) is 0 Å². The second-order valence-electron chi connectivity index (χ2n) is 4.99. The van der Waals surface area contributed by atoms with Gasteiger partial charge in [0.05, 0.1) is 24.2 Å². The van der Waals surface area contributed by atoms with Crippen LogP contribution < -0.4 is 10.6 Å². The van der Waals surface area contributed by atoms with Gasteiger partial charge in [0, 0.05) is 39.7 Å². The fraction of sp³-hybridized carbons (Fsp3) is 0.467. The van der Waals surface area contributed by atoms with Gasteiger partial charge >= 0.3 is 0 Å². The zero-order chi connectivity index (χ0) is 15.9. The van der Waals surface area contributed by atoms with Gasteiger partial charge in [0.2, 0.25) is 5.91 Å². The minimum Gasteiger partial charge on any atom is -0.383 e. The molecular weight excluding hydrogens is 287 g/mol. The Hall–Kier alpha value is -1.99. The molecule has 1 heterocycles. The summed E-state index contributed by atoms with van der Waals surface area (Å²) in [5, 5.41) is 5.80. The van der Waals surface area contributed by atoms with Crippen LogP contribution in [-0.2, 0) is 23.0 Å². The molecule has 7 heteroatoms. The van der Waals surface area contributed by atoms with Gasteiger partial charge in [-0.25, -0.2) is 9.37 Å². The molecule has 0 saturated heterocycles. The predicted octanol–water partition coefficient (Wildman–Crippen LogP) is 0.607. The molecule has 1 aromatic carbocycles. The maximum Gasteiger partial charge on any atom is 0.233 e. The predicted molar refractivity (Wildman–Crippen MR) is 82.1 cm³/mol. The van der Waals surface area contributed by atoms with Crippen LogP contribution in [0.15, 0.2) is 18.2 Å². The number of carbonyl (C=O) groups is 1. The minimum absolute atomic E-state index is 0.0686. The molecule has 1 amide bonds. The zero-order valence-electron chi connectivity index (χ0n) is 12.9. The Morgan fingerprint density at radius 1 is 1.41 bits per heavy atom. The number of rotatable bonds is 8. The van der Waals surface area contributed by atoms with E-state index in [2.05, 4.69) is 15.6 Å². The number of amides is 1. The summed E-state index contributed by atoms with van der Waals surface area (Å²) in [6.45, 7) is 1.96. The van der Waals surface area contributed by atoms with Crippen molar-refractivity contribution in [2.45, 2.75) is 6.42 Å². The summed E-state index contributed by atoms with van der Waals surface area (Å²) in [5.74, 6) is 0.446. The van der Waals surface area contributed by atoms with Gasteiger partial charge in [0.1, 0.15) is 11.6 Å². The van der Waals surface area contributed by atoms with Gasteiger partial charge in [-0.2, -0.15) is 0 Å². The largest absolute Gasteiger partial charge is 0.383 e. The Morgan fingerprint density at radius 2 is 2.23 bits per heavy atom. The number of methoxy groups -OCH3 is 1. The van der Waals surface area contributed by atoms with Crippen molar-refractivity contribution >= 4 is 16.9 Å². The van der Waals surface area contributed by atoms with Gasteiger partial charge < -0.3 is 19.9 Å². The van der Waals surface area contributed by atoms with Crippen molar-refractivity contribution in [2.75, 3.05) is 33.4 Å². The number of nitrogens with zero attached hydrogens (tertiary/aromatic N) is 2. The summed E-state index contributed by atoms with van der Waals surface area (Å²) in [4.78, 5) is 16.0. The van der Waals surface area contributed by atoms with Gasteiger partial charge in [0.25, 0.3) is 0 Å². The van der Waals surface area contributed by atoms with E-state index in [-0.39, 0.29) is 18.3 Å². The number of aryl methyl sites for hydroxylation is 1. The molecule has 1 aromatic heterocycles. The fourth-order valence-electron chi connectivity index (χ4n) is 2.20. The number of imidazole rings is 1. The lowest BCUT2D eigenvalue weighted by molar-refractivity contribution is -0.120. The van der Waals surface area contributed by atoms with E-state index in [9.17, 15) is 9.18 Å². The maximum absolute atomic E-state index is 13.2. The highest BCUT2D eigenvalue weighted by Crippen LogP contribution is 2.16. The first-order chi connectivity index (χ1) is 10.6. The number of aromatic nitrogens is 2.